The van der Waals surface area contributed by atoms with Crippen molar-refractivity contribution in [3.63, 3.8) is 0 Å². The summed E-state index contributed by atoms with van der Waals surface area (Å²) in [5.74, 6) is 1.36. The van der Waals surface area contributed by atoms with Gasteiger partial charge in [0.2, 0.25) is 5.88 Å². The molecule has 4 rings (SSSR count). The molecule has 0 saturated heterocycles. The lowest BCUT2D eigenvalue weighted by Crippen LogP contribution is -2.38. The first-order valence-electron chi connectivity index (χ1n) is 8.48. The minimum atomic E-state index is -0.423. The van der Waals surface area contributed by atoms with Gasteiger partial charge in [-0.3, -0.25) is 9.59 Å². The summed E-state index contributed by atoms with van der Waals surface area (Å²) in [6.07, 6.45) is 3.62. The molecule has 0 aromatic carbocycles. The van der Waals surface area contributed by atoms with Crippen LogP contribution < -0.4 is 10.3 Å². The summed E-state index contributed by atoms with van der Waals surface area (Å²) >= 11 is 0. The van der Waals surface area contributed by atoms with Gasteiger partial charge in [0.05, 0.1) is 25.0 Å². The quantitative estimate of drug-likeness (QED) is 0.716. The summed E-state index contributed by atoms with van der Waals surface area (Å²) in [7, 11) is 1.56. The predicted molar refractivity (Wildman–Crippen MR) is 96.4 cm³/mol. The number of aromatic amines is 2. The van der Waals surface area contributed by atoms with Gasteiger partial charge < -0.3 is 19.6 Å². The smallest absolute Gasteiger partial charge is 0.263 e. The Kier molecular flexibility index (Phi) is 4.19. The summed E-state index contributed by atoms with van der Waals surface area (Å²) in [5.41, 5.74) is 2.23. The number of aromatic nitrogens is 5. The van der Waals surface area contributed by atoms with Crippen molar-refractivity contribution in [2.45, 2.75) is 19.9 Å². The fourth-order valence-corrected chi connectivity index (χ4v) is 3.05. The van der Waals surface area contributed by atoms with Gasteiger partial charge >= 0.3 is 0 Å². The molecule has 138 valence electrons. The summed E-state index contributed by atoms with van der Waals surface area (Å²) in [6.45, 7) is 2.52. The summed E-state index contributed by atoms with van der Waals surface area (Å²) in [4.78, 5) is 45.0. The molecule has 9 heteroatoms. The molecule has 0 radical (unpaired) electrons. The Morgan fingerprint density at radius 1 is 1.22 bits per heavy atom. The van der Waals surface area contributed by atoms with Crippen LogP contribution in [0.15, 0.2) is 29.3 Å². The van der Waals surface area contributed by atoms with Crippen molar-refractivity contribution in [2.75, 3.05) is 13.7 Å². The van der Waals surface area contributed by atoms with Crippen LogP contribution in [0.25, 0.3) is 11.4 Å². The molecule has 3 aromatic rings. The third-order valence-corrected chi connectivity index (χ3v) is 4.49. The van der Waals surface area contributed by atoms with E-state index in [0.29, 0.717) is 37.0 Å². The van der Waals surface area contributed by atoms with Crippen molar-refractivity contribution in [3.05, 3.63) is 57.7 Å². The van der Waals surface area contributed by atoms with Gasteiger partial charge in [-0.15, -0.1) is 0 Å². The van der Waals surface area contributed by atoms with E-state index in [9.17, 15) is 9.59 Å². The summed E-state index contributed by atoms with van der Waals surface area (Å²) in [6, 6.07) is 3.64. The first kappa shape index (κ1) is 17.0. The van der Waals surface area contributed by atoms with Crippen LogP contribution in [0.2, 0.25) is 0 Å². The van der Waals surface area contributed by atoms with Crippen LogP contribution in [-0.4, -0.2) is 49.4 Å². The molecule has 1 aliphatic rings. The van der Waals surface area contributed by atoms with Crippen LogP contribution in [-0.2, 0) is 13.0 Å². The summed E-state index contributed by atoms with van der Waals surface area (Å²) in [5, 5.41) is 0. The highest BCUT2D eigenvalue weighted by Crippen LogP contribution is 2.23. The number of nitrogens with zero attached hydrogens (tertiary/aromatic N) is 4. The second kappa shape index (κ2) is 6.67. The molecule has 4 heterocycles. The Balaban J connectivity index is 1.57. The van der Waals surface area contributed by atoms with Crippen molar-refractivity contribution in [2.24, 2.45) is 0 Å². The van der Waals surface area contributed by atoms with Crippen molar-refractivity contribution in [1.29, 1.82) is 0 Å². The third kappa shape index (κ3) is 3.19. The van der Waals surface area contributed by atoms with E-state index in [1.807, 2.05) is 6.07 Å². The number of aryl methyl sites for hydroxylation is 1. The minimum absolute atomic E-state index is 0.0446. The monoisotopic (exact) mass is 366 g/mol. The second-order valence-corrected chi connectivity index (χ2v) is 6.29. The van der Waals surface area contributed by atoms with Gasteiger partial charge in [-0.05, 0) is 13.0 Å². The van der Waals surface area contributed by atoms with E-state index < -0.39 is 5.56 Å². The minimum Gasteiger partial charge on any atom is -0.481 e. The first-order valence-corrected chi connectivity index (χ1v) is 8.48. The maximum atomic E-state index is 12.7. The third-order valence-electron chi connectivity index (χ3n) is 4.49. The van der Waals surface area contributed by atoms with E-state index in [1.54, 1.807) is 31.2 Å². The van der Waals surface area contributed by atoms with Gasteiger partial charge in [-0.1, -0.05) is 0 Å². The molecule has 1 aliphatic heterocycles. The van der Waals surface area contributed by atoms with Crippen LogP contribution in [0, 0.1) is 6.92 Å². The molecular weight excluding hydrogens is 348 g/mol. The average Bonchev–Trinajstić information content (AvgIpc) is 3.11. The Bertz CT molecular complexity index is 1050. The number of pyridine rings is 1. The molecular formula is C18H18N6O3. The topological polar surface area (TPSA) is 117 Å². The van der Waals surface area contributed by atoms with Crippen molar-refractivity contribution >= 4 is 5.91 Å². The maximum Gasteiger partial charge on any atom is 0.263 e. The van der Waals surface area contributed by atoms with E-state index in [2.05, 4.69) is 24.9 Å². The largest absolute Gasteiger partial charge is 0.481 e. The SMILES string of the molecule is COc1ccc(-c2nc3c([nH]2)CN(C(=O)c2cnc(C)[nH]c2=O)CC3)cn1. The fourth-order valence-electron chi connectivity index (χ4n) is 3.05. The van der Waals surface area contributed by atoms with E-state index in [1.165, 1.54) is 6.20 Å². The number of amides is 1. The molecule has 3 aromatic heterocycles. The number of ether oxygens (including phenoxy) is 1. The van der Waals surface area contributed by atoms with Gasteiger partial charge in [0, 0.05) is 37.0 Å². The lowest BCUT2D eigenvalue weighted by molar-refractivity contribution is 0.0729. The number of rotatable bonds is 3. The second-order valence-electron chi connectivity index (χ2n) is 6.29. The summed E-state index contributed by atoms with van der Waals surface area (Å²) < 4.78 is 5.07. The van der Waals surface area contributed by atoms with Crippen LogP contribution in [0.4, 0.5) is 0 Å². The lowest BCUT2D eigenvalue weighted by atomic mass is 10.1. The Labute approximate surface area is 154 Å². The Morgan fingerprint density at radius 2 is 2.07 bits per heavy atom. The maximum absolute atomic E-state index is 12.7. The highest BCUT2D eigenvalue weighted by atomic mass is 16.5. The number of imidazole rings is 1. The number of hydrogen-bond donors (Lipinski definition) is 2. The predicted octanol–water partition coefficient (Wildman–Crippen LogP) is 1.07. The average molecular weight is 366 g/mol. The highest BCUT2D eigenvalue weighted by molar-refractivity contribution is 5.93. The van der Waals surface area contributed by atoms with Gasteiger partial charge in [-0.25, -0.2) is 15.0 Å². The zero-order chi connectivity index (χ0) is 19.0. The molecule has 27 heavy (non-hydrogen) atoms. The van der Waals surface area contributed by atoms with Gasteiger partial charge in [0.15, 0.2) is 0 Å². The van der Waals surface area contributed by atoms with Crippen molar-refractivity contribution < 1.29 is 9.53 Å². The molecule has 0 saturated carbocycles. The zero-order valence-corrected chi connectivity index (χ0v) is 14.9. The van der Waals surface area contributed by atoms with E-state index >= 15 is 0 Å². The Hall–Kier alpha value is -3.49. The standard InChI is InChI=1S/C18H18N6O3/c1-10-19-8-12(17(25)21-10)18(26)24-6-5-13-14(9-24)23-16(22-13)11-3-4-15(27-2)20-7-11/h3-4,7-8H,5-6,9H2,1-2H3,(H,22,23)(H,19,21,25). The number of methoxy groups -OCH3 is 1. The first-order chi connectivity index (χ1) is 13.0. The fraction of sp³-hybridized carbons (Fsp3) is 0.278. The normalized spacial score (nSPS) is 13.3. The van der Waals surface area contributed by atoms with Crippen LogP contribution in [0.5, 0.6) is 5.88 Å². The van der Waals surface area contributed by atoms with E-state index in [0.717, 1.165) is 17.0 Å². The molecule has 2 N–H and O–H groups in total. The number of hydrogen-bond acceptors (Lipinski definition) is 6. The Morgan fingerprint density at radius 3 is 2.78 bits per heavy atom. The molecule has 0 spiro atoms. The van der Waals surface area contributed by atoms with Crippen LogP contribution in [0.1, 0.15) is 27.6 Å². The van der Waals surface area contributed by atoms with Gasteiger partial charge in [0.25, 0.3) is 11.5 Å². The number of fused-ring (bicyclic) bond motifs is 1. The van der Waals surface area contributed by atoms with E-state index in [4.69, 9.17) is 4.74 Å². The van der Waals surface area contributed by atoms with Gasteiger partial charge in [-0.2, -0.15) is 0 Å². The highest BCUT2D eigenvalue weighted by Gasteiger charge is 2.26. The molecule has 0 fully saturated rings. The van der Waals surface area contributed by atoms with Crippen LogP contribution in [0.3, 0.4) is 0 Å². The molecule has 0 atom stereocenters. The number of nitrogens with one attached hydrogen (secondary N) is 2. The molecule has 9 nitrogen and oxygen atoms in total. The molecule has 1 amide bonds. The number of H-pyrrole nitrogens is 2. The zero-order valence-electron chi connectivity index (χ0n) is 14.9. The van der Waals surface area contributed by atoms with Crippen LogP contribution >= 0.6 is 0 Å². The molecule has 0 bridgehead atoms. The van der Waals surface area contributed by atoms with Crippen molar-refractivity contribution in [3.8, 4) is 17.3 Å². The number of carbonyl (C=O) groups excluding carboxylic acids is 1. The molecule has 0 aliphatic carbocycles. The number of carbonyl (C=O) groups is 1. The van der Waals surface area contributed by atoms with Crippen molar-refractivity contribution in [1.82, 2.24) is 29.8 Å². The molecule has 0 unspecified atom stereocenters. The van der Waals surface area contributed by atoms with Gasteiger partial charge in [0.1, 0.15) is 17.2 Å². The lowest BCUT2D eigenvalue weighted by Gasteiger charge is -2.25. The van der Waals surface area contributed by atoms with E-state index in [-0.39, 0.29) is 11.5 Å².